The molecule has 0 saturated carbocycles. The van der Waals surface area contributed by atoms with Crippen molar-refractivity contribution in [2.24, 2.45) is 5.92 Å². The lowest BCUT2D eigenvalue weighted by atomic mass is 10.0. The highest BCUT2D eigenvalue weighted by Crippen LogP contribution is 2.45. The molecule has 0 fully saturated rings. The zero-order chi connectivity index (χ0) is 69.1. The lowest BCUT2D eigenvalue weighted by Gasteiger charge is -2.21. The summed E-state index contributed by atoms with van der Waals surface area (Å²) in [5.74, 6) is -1.43. The van der Waals surface area contributed by atoms with Crippen molar-refractivity contribution < 1.29 is 80.2 Å². The lowest BCUT2D eigenvalue weighted by molar-refractivity contribution is -0.161. The molecule has 0 aromatic rings. The zero-order valence-electron chi connectivity index (χ0n) is 60.6. The van der Waals surface area contributed by atoms with E-state index in [2.05, 4.69) is 58.9 Å². The van der Waals surface area contributed by atoms with E-state index in [1.165, 1.54) is 173 Å². The Morgan fingerprint density at radius 2 is 0.574 bits per heavy atom. The van der Waals surface area contributed by atoms with E-state index in [1.807, 2.05) is 0 Å². The van der Waals surface area contributed by atoms with Gasteiger partial charge < -0.3 is 33.8 Å². The monoisotopic (exact) mass is 1380 g/mol. The van der Waals surface area contributed by atoms with Gasteiger partial charge in [-0.25, -0.2) is 9.13 Å². The van der Waals surface area contributed by atoms with Gasteiger partial charge in [0.2, 0.25) is 0 Å². The molecule has 0 rings (SSSR count). The third-order valence-corrected chi connectivity index (χ3v) is 18.8. The van der Waals surface area contributed by atoms with Crippen molar-refractivity contribution in [2.75, 3.05) is 39.6 Å². The van der Waals surface area contributed by atoms with E-state index in [-0.39, 0.29) is 25.7 Å². The van der Waals surface area contributed by atoms with Crippen LogP contribution in [0.3, 0.4) is 0 Å². The summed E-state index contributed by atoms with van der Waals surface area (Å²) in [7, 11) is -9.92. The summed E-state index contributed by atoms with van der Waals surface area (Å²) < 4.78 is 68.4. The van der Waals surface area contributed by atoms with Crippen molar-refractivity contribution in [1.82, 2.24) is 0 Å². The first kappa shape index (κ1) is 91.5. The molecule has 94 heavy (non-hydrogen) atoms. The van der Waals surface area contributed by atoms with Crippen molar-refractivity contribution >= 4 is 39.5 Å². The maximum absolute atomic E-state index is 13.1. The second-order valence-corrected chi connectivity index (χ2v) is 29.7. The number of allylic oxidation sites excluding steroid dienone is 4. The van der Waals surface area contributed by atoms with Gasteiger partial charge in [0, 0.05) is 25.7 Å². The normalized spacial score (nSPS) is 14.1. The molecule has 0 aliphatic carbocycles. The average molecular weight is 1380 g/mol. The fraction of sp³-hybridized carbons (Fsp3) is 0.893. The average Bonchev–Trinajstić information content (AvgIpc) is 1.63. The Bertz CT molecular complexity index is 1900. The molecule has 2 unspecified atom stereocenters. The van der Waals surface area contributed by atoms with Crippen LogP contribution in [0, 0.1) is 5.92 Å². The van der Waals surface area contributed by atoms with E-state index >= 15 is 0 Å². The number of esters is 4. The number of carbonyl (C=O) groups is 4. The predicted octanol–water partition coefficient (Wildman–Crippen LogP) is 21.6. The SMILES string of the molecule is CCCCCC/C=C\C=C/CCCCCCCC(=O)OC[C@H](COP(=O)(O)OC[C@@H](O)COP(=O)(O)OC[C@@H](COC(=O)CCCCCCCCCCC)OC(=O)CCCCCCCCCCC(C)C)OC(=O)CCCCCCCCCCCCCCCCCCCCC. The van der Waals surface area contributed by atoms with Gasteiger partial charge in [0.15, 0.2) is 12.2 Å². The minimum absolute atomic E-state index is 0.102. The number of hydrogen-bond donors (Lipinski definition) is 3. The summed E-state index contributed by atoms with van der Waals surface area (Å²) in [4.78, 5) is 72.7. The summed E-state index contributed by atoms with van der Waals surface area (Å²) in [6, 6.07) is 0. The Morgan fingerprint density at radius 3 is 0.872 bits per heavy atom. The number of hydrogen-bond acceptors (Lipinski definition) is 15. The molecule has 5 atom stereocenters. The Labute approximate surface area is 573 Å². The zero-order valence-corrected chi connectivity index (χ0v) is 62.4. The van der Waals surface area contributed by atoms with Gasteiger partial charge in [0.25, 0.3) is 0 Å². The molecule has 0 saturated heterocycles. The predicted molar refractivity (Wildman–Crippen MR) is 381 cm³/mol. The van der Waals surface area contributed by atoms with Gasteiger partial charge in [-0.05, 0) is 57.3 Å². The van der Waals surface area contributed by atoms with Crippen LogP contribution >= 0.6 is 15.6 Å². The van der Waals surface area contributed by atoms with Gasteiger partial charge in [-0.2, -0.15) is 0 Å². The molecule has 0 aliphatic heterocycles. The smallest absolute Gasteiger partial charge is 0.462 e. The minimum Gasteiger partial charge on any atom is -0.462 e. The van der Waals surface area contributed by atoms with Gasteiger partial charge in [0.05, 0.1) is 26.4 Å². The van der Waals surface area contributed by atoms with Gasteiger partial charge >= 0.3 is 39.5 Å². The fourth-order valence-corrected chi connectivity index (χ4v) is 12.6. The summed E-state index contributed by atoms with van der Waals surface area (Å²) in [6.45, 7) is 7.16. The number of aliphatic hydroxyl groups is 1. The summed E-state index contributed by atoms with van der Waals surface area (Å²) in [5.41, 5.74) is 0. The first-order valence-electron chi connectivity index (χ1n) is 38.5. The van der Waals surface area contributed by atoms with E-state index in [4.69, 9.17) is 37.0 Å². The van der Waals surface area contributed by atoms with E-state index in [0.717, 1.165) is 115 Å². The maximum Gasteiger partial charge on any atom is 0.472 e. The van der Waals surface area contributed by atoms with Gasteiger partial charge in [-0.15, -0.1) is 0 Å². The number of carbonyl (C=O) groups excluding carboxylic acids is 4. The Balaban J connectivity index is 5.25. The van der Waals surface area contributed by atoms with Crippen LogP contribution in [0.15, 0.2) is 24.3 Å². The summed E-state index contributed by atoms with van der Waals surface area (Å²) in [5, 5.41) is 10.6. The minimum atomic E-state index is -4.96. The topological polar surface area (TPSA) is 237 Å². The van der Waals surface area contributed by atoms with Crippen molar-refractivity contribution in [3.8, 4) is 0 Å². The number of unbranched alkanes of at least 4 members (excludes halogenated alkanes) is 42. The van der Waals surface area contributed by atoms with Crippen LogP contribution in [0.4, 0.5) is 0 Å². The molecule has 3 N–H and O–H groups in total. The number of aliphatic hydroxyl groups excluding tert-OH is 1. The second-order valence-electron chi connectivity index (χ2n) is 26.8. The quantitative estimate of drug-likeness (QED) is 0.0169. The standard InChI is InChI=1S/C75H142O17P2/c1-6-9-12-15-18-21-23-25-27-28-29-30-32-34-36-39-45-50-55-60-74(79)91-70(65-86-73(78)59-54-49-44-38-35-33-31-26-24-22-19-16-13-10-7-2)66-89-93(81,82)87-62-69(76)63-88-94(83,84)90-67-71(64-85-72(77)58-53-48-43-37-20-17-14-11-8-3)92-75(80)61-56-51-46-41-40-42-47-52-57-68(4)5/h22,24,26,31,68-71,76H,6-21,23,25,27-30,32-67H2,1-5H3,(H,81,82)(H,83,84)/b24-22-,31-26-/t69-,70-,71-/m1/s1. The molecular formula is C75H142O17P2. The van der Waals surface area contributed by atoms with Crippen LogP contribution in [-0.2, 0) is 65.4 Å². The van der Waals surface area contributed by atoms with Crippen LogP contribution in [-0.4, -0.2) is 96.7 Å². The molecule has 0 spiro atoms. The van der Waals surface area contributed by atoms with Gasteiger partial charge in [-0.1, -0.05) is 316 Å². The highest BCUT2D eigenvalue weighted by Gasteiger charge is 2.30. The van der Waals surface area contributed by atoms with Crippen molar-refractivity contribution in [3.63, 3.8) is 0 Å². The first-order valence-corrected chi connectivity index (χ1v) is 41.4. The maximum atomic E-state index is 13.1. The van der Waals surface area contributed by atoms with E-state index < -0.39 is 97.5 Å². The van der Waals surface area contributed by atoms with Crippen LogP contribution < -0.4 is 0 Å². The van der Waals surface area contributed by atoms with Gasteiger partial charge in [-0.3, -0.25) is 37.3 Å². The molecule has 0 aliphatic rings. The van der Waals surface area contributed by atoms with E-state index in [0.29, 0.717) is 25.7 Å². The molecule has 0 amide bonds. The number of ether oxygens (including phenoxy) is 4. The Hall–Kier alpha value is -2.46. The lowest BCUT2D eigenvalue weighted by Crippen LogP contribution is -2.30. The van der Waals surface area contributed by atoms with E-state index in [1.54, 1.807) is 0 Å². The molecule has 0 radical (unpaired) electrons. The molecule has 19 heteroatoms. The molecule has 554 valence electrons. The van der Waals surface area contributed by atoms with Crippen LogP contribution in [0.1, 0.15) is 369 Å². The van der Waals surface area contributed by atoms with Crippen molar-refractivity contribution in [2.45, 2.75) is 387 Å². The highest BCUT2D eigenvalue weighted by molar-refractivity contribution is 7.47. The molecule has 0 aromatic carbocycles. The first-order chi connectivity index (χ1) is 45.5. The third-order valence-electron chi connectivity index (χ3n) is 16.9. The summed E-state index contributed by atoms with van der Waals surface area (Å²) >= 11 is 0. The Kier molecular flexibility index (Phi) is 65.9. The van der Waals surface area contributed by atoms with Crippen molar-refractivity contribution in [3.05, 3.63) is 24.3 Å². The number of phosphoric acid groups is 2. The number of phosphoric ester groups is 2. The molecule has 0 bridgehead atoms. The highest BCUT2D eigenvalue weighted by atomic mass is 31.2. The number of rotatable bonds is 73. The van der Waals surface area contributed by atoms with Crippen LogP contribution in [0.5, 0.6) is 0 Å². The largest absolute Gasteiger partial charge is 0.472 e. The molecular weight excluding hydrogens is 1230 g/mol. The van der Waals surface area contributed by atoms with Crippen LogP contribution in [0.2, 0.25) is 0 Å². The molecule has 0 heterocycles. The molecule has 17 nitrogen and oxygen atoms in total. The summed E-state index contributed by atoms with van der Waals surface area (Å²) in [6.07, 6.45) is 59.2. The van der Waals surface area contributed by atoms with Gasteiger partial charge in [0.1, 0.15) is 19.3 Å². The molecule has 0 aromatic heterocycles. The fourth-order valence-electron chi connectivity index (χ4n) is 11.0. The van der Waals surface area contributed by atoms with Crippen LogP contribution in [0.25, 0.3) is 0 Å². The third kappa shape index (κ3) is 68.1. The second kappa shape index (κ2) is 67.7. The Morgan fingerprint density at radius 1 is 0.330 bits per heavy atom. The van der Waals surface area contributed by atoms with E-state index in [9.17, 15) is 43.2 Å². The van der Waals surface area contributed by atoms with Crippen molar-refractivity contribution in [1.29, 1.82) is 0 Å².